The maximum atomic E-state index is 11.9. The number of amides is 1. The van der Waals surface area contributed by atoms with E-state index in [4.69, 9.17) is 5.11 Å². The molecule has 0 aliphatic heterocycles. The van der Waals surface area contributed by atoms with Crippen molar-refractivity contribution in [2.45, 2.75) is 103 Å². The maximum Gasteiger partial charge on any atom is 0.220 e. The molecule has 0 rings (SSSR count). The summed E-state index contributed by atoms with van der Waals surface area (Å²) in [5.74, 6) is 0.135. The fourth-order valence-corrected chi connectivity index (χ4v) is 2.57. The van der Waals surface area contributed by atoms with Crippen LogP contribution in [0.4, 0.5) is 0 Å². The zero-order valence-electron chi connectivity index (χ0n) is 14.5. The van der Waals surface area contributed by atoms with Gasteiger partial charge in [0.05, 0.1) is 0 Å². The Morgan fingerprint density at radius 2 is 1.48 bits per heavy atom. The van der Waals surface area contributed by atoms with Crippen LogP contribution in [0.2, 0.25) is 0 Å². The molecule has 0 saturated heterocycles. The highest BCUT2D eigenvalue weighted by atomic mass is 16.3. The molecule has 1 atom stereocenters. The lowest BCUT2D eigenvalue weighted by Gasteiger charge is -2.29. The van der Waals surface area contributed by atoms with Gasteiger partial charge in [-0.05, 0) is 26.2 Å². The summed E-state index contributed by atoms with van der Waals surface area (Å²) in [6.07, 6.45) is 13.6. The highest BCUT2D eigenvalue weighted by Crippen LogP contribution is 2.15. The van der Waals surface area contributed by atoms with Gasteiger partial charge >= 0.3 is 0 Å². The van der Waals surface area contributed by atoms with Gasteiger partial charge in [0, 0.05) is 18.6 Å². The van der Waals surface area contributed by atoms with Crippen LogP contribution in [0.25, 0.3) is 0 Å². The lowest BCUT2D eigenvalue weighted by Crippen LogP contribution is -2.46. The number of rotatable bonds is 14. The van der Waals surface area contributed by atoms with Crippen molar-refractivity contribution in [2.75, 3.05) is 6.61 Å². The van der Waals surface area contributed by atoms with E-state index < -0.39 is 0 Å². The molecule has 0 aromatic rings. The van der Waals surface area contributed by atoms with Crippen LogP contribution in [0.3, 0.4) is 0 Å². The quantitative estimate of drug-likeness (QED) is 0.461. The minimum absolute atomic E-state index is 0.128. The predicted molar refractivity (Wildman–Crippen MR) is 90.4 cm³/mol. The van der Waals surface area contributed by atoms with Gasteiger partial charge < -0.3 is 10.4 Å². The number of carbonyl (C=O) groups excluding carboxylic acids is 1. The first-order chi connectivity index (χ1) is 10.1. The number of unbranched alkanes of at least 4 members (excludes halogenated alkanes) is 8. The fraction of sp³-hybridized carbons (Fsp3) is 0.944. The van der Waals surface area contributed by atoms with Crippen molar-refractivity contribution < 1.29 is 9.90 Å². The molecule has 3 heteroatoms. The van der Waals surface area contributed by atoms with Crippen LogP contribution in [-0.2, 0) is 4.79 Å². The first kappa shape index (κ1) is 20.4. The Labute approximate surface area is 131 Å². The molecular weight excluding hydrogens is 262 g/mol. The second kappa shape index (κ2) is 13.1. The zero-order valence-corrected chi connectivity index (χ0v) is 14.5. The number of hydrogen-bond donors (Lipinski definition) is 2. The van der Waals surface area contributed by atoms with E-state index in [1.165, 1.54) is 44.9 Å². The van der Waals surface area contributed by atoms with Crippen molar-refractivity contribution in [3.8, 4) is 0 Å². The molecule has 0 aliphatic rings. The van der Waals surface area contributed by atoms with Crippen LogP contribution >= 0.6 is 0 Å². The van der Waals surface area contributed by atoms with E-state index in [1.807, 2.05) is 6.92 Å². The first-order valence-electron chi connectivity index (χ1n) is 9.00. The van der Waals surface area contributed by atoms with Crippen molar-refractivity contribution in [1.82, 2.24) is 5.32 Å². The van der Waals surface area contributed by atoms with Gasteiger partial charge in [-0.25, -0.2) is 0 Å². The molecule has 21 heavy (non-hydrogen) atoms. The van der Waals surface area contributed by atoms with Crippen LogP contribution in [0.5, 0.6) is 0 Å². The monoisotopic (exact) mass is 299 g/mol. The van der Waals surface area contributed by atoms with Gasteiger partial charge in [-0.15, -0.1) is 0 Å². The summed E-state index contributed by atoms with van der Waals surface area (Å²) < 4.78 is 0. The zero-order chi connectivity index (χ0) is 16.0. The Morgan fingerprint density at radius 3 is 1.95 bits per heavy atom. The van der Waals surface area contributed by atoms with Crippen molar-refractivity contribution in [1.29, 1.82) is 0 Å². The summed E-state index contributed by atoms with van der Waals surface area (Å²) in [6.45, 7) is 6.43. The van der Waals surface area contributed by atoms with E-state index in [-0.39, 0.29) is 18.1 Å². The van der Waals surface area contributed by atoms with Gasteiger partial charge in [-0.3, -0.25) is 4.79 Å². The first-order valence-corrected chi connectivity index (χ1v) is 9.00. The Hall–Kier alpha value is -0.570. The maximum absolute atomic E-state index is 11.9. The molecule has 126 valence electrons. The molecule has 3 nitrogen and oxygen atoms in total. The summed E-state index contributed by atoms with van der Waals surface area (Å²) in [5, 5.41) is 12.1. The number of hydrogen-bond acceptors (Lipinski definition) is 2. The number of aliphatic hydroxyl groups is 1. The van der Waals surface area contributed by atoms with Crippen molar-refractivity contribution in [3.05, 3.63) is 0 Å². The van der Waals surface area contributed by atoms with Crippen molar-refractivity contribution >= 4 is 5.91 Å². The normalized spacial score (nSPS) is 13.9. The van der Waals surface area contributed by atoms with E-state index in [9.17, 15) is 4.79 Å². The molecule has 2 N–H and O–H groups in total. The Morgan fingerprint density at radius 1 is 0.952 bits per heavy atom. The number of nitrogens with one attached hydrogen (secondary N) is 1. The Balaban J connectivity index is 3.53. The third kappa shape index (κ3) is 11.7. The van der Waals surface area contributed by atoms with Crippen LogP contribution in [0, 0.1) is 0 Å². The van der Waals surface area contributed by atoms with Gasteiger partial charge in [0.1, 0.15) is 0 Å². The van der Waals surface area contributed by atoms with Gasteiger partial charge in [0.2, 0.25) is 5.91 Å². The molecule has 0 aromatic heterocycles. The summed E-state index contributed by atoms with van der Waals surface area (Å²) in [5.41, 5.74) is -0.245. The Bertz CT molecular complexity index is 256. The van der Waals surface area contributed by atoms with Gasteiger partial charge in [0.15, 0.2) is 0 Å². The molecule has 0 radical (unpaired) electrons. The lowest BCUT2D eigenvalue weighted by atomic mass is 9.94. The van der Waals surface area contributed by atoms with E-state index in [1.54, 1.807) is 0 Å². The second-order valence-electron chi connectivity index (χ2n) is 6.51. The predicted octanol–water partition coefficient (Wildman–Crippen LogP) is 4.57. The summed E-state index contributed by atoms with van der Waals surface area (Å²) >= 11 is 0. The van der Waals surface area contributed by atoms with Crippen molar-refractivity contribution in [3.63, 3.8) is 0 Å². The fourth-order valence-electron chi connectivity index (χ4n) is 2.57. The molecule has 0 heterocycles. The molecule has 0 aliphatic carbocycles. The van der Waals surface area contributed by atoms with Crippen LogP contribution in [-0.4, -0.2) is 23.2 Å². The molecule has 0 bridgehead atoms. The average Bonchev–Trinajstić information content (AvgIpc) is 2.45. The highest BCUT2D eigenvalue weighted by molar-refractivity contribution is 5.76. The Kier molecular flexibility index (Phi) is 12.8. The second-order valence-corrected chi connectivity index (χ2v) is 6.51. The molecule has 0 aromatic carbocycles. The van der Waals surface area contributed by atoms with Gasteiger partial charge in [0.25, 0.3) is 0 Å². The number of carbonyl (C=O) groups is 1. The third-order valence-corrected chi connectivity index (χ3v) is 4.39. The molecule has 0 saturated carbocycles. The molecule has 0 fully saturated rings. The molecule has 0 spiro atoms. The lowest BCUT2D eigenvalue weighted by molar-refractivity contribution is -0.123. The van der Waals surface area contributed by atoms with Crippen LogP contribution in [0.1, 0.15) is 97.8 Å². The largest absolute Gasteiger partial charge is 0.396 e. The van der Waals surface area contributed by atoms with Gasteiger partial charge in [-0.1, -0.05) is 65.2 Å². The summed E-state index contributed by atoms with van der Waals surface area (Å²) in [7, 11) is 0. The van der Waals surface area contributed by atoms with E-state index in [2.05, 4.69) is 19.2 Å². The van der Waals surface area contributed by atoms with Crippen molar-refractivity contribution in [2.24, 2.45) is 0 Å². The highest BCUT2D eigenvalue weighted by Gasteiger charge is 2.22. The van der Waals surface area contributed by atoms with Crippen LogP contribution < -0.4 is 5.32 Å². The minimum Gasteiger partial charge on any atom is -0.396 e. The van der Waals surface area contributed by atoms with E-state index >= 15 is 0 Å². The molecular formula is C18H37NO2. The molecule has 1 unspecified atom stereocenters. The molecule has 1 amide bonds. The topological polar surface area (TPSA) is 49.3 Å². The van der Waals surface area contributed by atoms with E-state index in [0.29, 0.717) is 12.8 Å². The van der Waals surface area contributed by atoms with Crippen LogP contribution in [0.15, 0.2) is 0 Å². The average molecular weight is 299 g/mol. The smallest absolute Gasteiger partial charge is 0.220 e. The van der Waals surface area contributed by atoms with Gasteiger partial charge in [-0.2, -0.15) is 0 Å². The minimum atomic E-state index is -0.245. The summed E-state index contributed by atoms with van der Waals surface area (Å²) in [6, 6.07) is 0. The number of aliphatic hydroxyl groups excluding tert-OH is 1. The SMILES string of the molecule is CCCCCCCCCCCC(=O)NC(C)(CC)CCO. The third-order valence-electron chi connectivity index (χ3n) is 4.39. The summed E-state index contributed by atoms with van der Waals surface area (Å²) in [4.78, 5) is 11.9. The van der Waals surface area contributed by atoms with E-state index in [0.717, 1.165) is 19.3 Å². The standard InChI is InChI=1S/C18H37NO2/c1-4-6-7-8-9-10-11-12-13-14-17(21)19-18(3,5-2)15-16-20/h20H,4-16H2,1-3H3,(H,19,21).